The zero-order valence-corrected chi connectivity index (χ0v) is 37.3. The first-order valence-corrected chi connectivity index (χ1v) is 20.0. The minimum absolute atomic E-state index is 0.00810. The quantitative estimate of drug-likeness (QED) is 0.0542. The van der Waals surface area contributed by atoms with Crippen molar-refractivity contribution in [2.75, 3.05) is 71.9 Å². The highest BCUT2D eigenvalue weighted by Crippen LogP contribution is 2.32. The fourth-order valence-corrected chi connectivity index (χ4v) is 5.28. The number of hydrogen-bond acceptors (Lipinski definition) is 12. The summed E-state index contributed by atoms with van der Waals surface area (Å²) < 4.78 is 41.0. The average molecular weight is 876 g/mol. The molecule has 0 saturated carbocycles. The monoisotopic (exact) mass is 876 g/mol. The Bertz CT molecular complexity index is 1780. The Morgan fingerprint density at radius 1 is 1.02 bits per heavy atom. The Hall–Kier alpha value is -5.98. The van der Waals surface area contributed by atoms with Crippen molar-refractivity contribution in [3.63, 3.8) is 0 Å². The second-order valence-corrected chi connectivity index (χ2v) is 12.9. The van der Waals surface area contributed by atoms with Crippen molar-refractivity contribution in [1.82, 2.24) is 20.1 Å². The predicted molar refractivity (Wildman–Crippen MR) is 242 cm³/mol. The van der Waals surface area contributed by atoms with E-state index in [-0.39, 0.29) is 23.3 Å². The van der Waals surface area contributed by atoms with Gasteiger partial charge < -0.3 is 52.3 Å². The number of hydrogen-bond donors (Lipinski definition) is 6. The highest BCUT2D eigenvalue weighted by molar-refractivity contribution is 6.08. The van der Waals surface area contributed by atoms with Crippen LogP contribution in [-0.4, -0.2) is 118 Å². The summed E-state index contributed by atoms with van der Waals surface area (Å²) in [4.78, 5) is 50.4. The van der Waals surface area contributed by atoms with E-state index in [0.29, 0.717) is 68.2 Å². The fourth-order valence-electron chi connectivity index (χ4n) is 5.28. The lowest BCUT2D eigenvalue weighted by atomic mass is 10.1. The SMILES string of the molecule is C=C/C=C(\N)C(=O)Nc1ccccc1C(=O)N1CCN(/C(C(=O)N(C)N=C)=C(\CC)NCC)CC1.C=O.CCC.CN.Cc1ccc(C(F)(F)F)cc1O.NCC1=CCOCC1. The molecule has 0 atom stereocenters. The van der Waals surface area contributed by atoms with Crippen molar-refractivity contribution < 1.29 is 42.2 Å². The van der Waals surface area contributed by atoms with Crippen LogP contribution in [0.5, 0.6) is 5.75 Å². The van der Waals surface area contributed by atoms with Gasteiger partial charge >= 0.3 is 6.18 Å². The summed E-state index contributed by atoms with van der Waals surface area (Å²) in [5.41, 5.74) is 18.6. The first-order valence-electron chi connectivity index (χ1n) is 20.0. The van der Waals surface area contributed by atoms with Gasteiger partial charge in [0.1, 0.15) is 18.2 Å². The van der Waals surface area contributed by atoms with E-state index >= 15 is 0 Å². The molecular formula is C44H68F3N9O6. The van der Waals surface area contributed by atoms with Gasteiger partial charge in [-0.05, 0) is 69.6 Å². The van der Waals surface area contributed by atoms with Crippen molar-refractivity contribution in [2.45, 2.75) is 60.1 Å². The second-order valence-electron chi connectivity index (χ2n) is 12.9. The zero-order valence-electron chi connectivity index (χ0n) is 37.3. The third-order valence-electron chi connectivity index (χ3n) is 8.44. The van der Waals surface area contributed by atoms with E-state index < -0.39 is 17.6 Å². The number of carbonyl (C=O) groups excluding carboxylic acids is 4. The van der Waals surface area contributed by atoms with Crippen LogP contribution < -0.4 is 27.8 Å². The van der Waals surface area contributed by atoms with E-state index in [4.69, 9.17) is 26.1 Å². The van der Waals surface area contributed by atoms with Crippen LogP contribution >= 0.6 is 0 Å². The number of allylic oxidation sites excluding steroid dienone is 3. The average Bonchev–Trinajstić information content (AvgIpc) is 3.29. The summed E-state index contributed by atoms with van der Waals surface area (Å²) in [6.45, 7) is 23.5. The normalized spacial score (nSPS) is 13.5. The van der Waals surface area contributed by atoms with E-state index in [0.717, 1.165) is 37.5 Å². The number of carbonyl (C=O) groups is 4. The molecule has 2 heterocycles. The number of anilines is 1. The number of benzene rings is 2. The molecule has 3 amide bonds. The number of para-hydroxylation sites is 1. The van der Waals surface area contributed by atoms with E-state index in [2.05, 4.69) is 54.7 Å². The molecule has 0 spiro atoms. The molecule has 2 aliphatic heterocycles. The topological polar surface area (TPSA) is 222 Å². The molecule has 0 radical (unpaired) electrons. The van der Waals surface area contributed by atoms with E-state index in [1.165, 1.54) is 49.2 Å². The van der Waals surface area contributed by atoms with Gasteiger partial charge in [-0.25, -0.2) is 5.01 Å². The number of aromatic hydroxyl groups is 1. The van der Waals surface area contributed by atoms with Gasteiger partial charge in [0.2, 0.25) is 0 Å². The number of piperazine rings is 1. The standard InChI is InChI=1S/C25H35N7O3.C8H7F3O.C6H11NO.C3H8.CH5N.CH2O/c1-6-11-19(26)23(33)29-21-13-10-9-12-18(21)24(34)32-16-14-31(15-17-32)22(20(7-2)28-8-3)25(35)30(5)27-4;1-5-2-3-6(4-7(5)12)8(9,10)11;7-5-6-1-3-8-4-2-6;1-3-2;2*1-2/h6,9-13,28H,1,4,7-8,14-17,26H2,2-3,5H3,(H,29,33);2-4,12H,1H3;1H,2-5,7H2;3H2,1-2H3;2H2,1H3;1H2/b19-11-,22-20+;;;;;. The molecule has 2 aliphatic rings. The summed E-state index contributed by atoms with van der Waals surface area (Å²) in [7, 11) is 3.07. The number of rotatable bonds is 11. The van der Waals surface area contributed by atoms with E-state index in [1.807, 2.05) is 25.5 Å². The van der Waals surface area contributed by atoms with Crippen molar-refractivity contribution in [2.24, 2.45) is 22.3 Å². The van der Waals surface area contributed by atoms with Gasteiger partial charge in [-0.2, -0.15) is 18.3 Å². The van der Waals surface area contributed by atoms with E-state index in [9.17, 15) is 27.6 Å². The highest BCUT2D eigenvalue weighted by atomic mass is 19.4. The fraction of sp³-hybridized carbons (Fsp3) is 0.432. The largest absolute Gasteiger partial charge is 0.508 e. The molecule has 346 valence electrons. The summed E-state index contributed by atoms with van der Waals surface area (Å²) in [5, 5.41) is 19.9. The first kappa shape index (κ1) is 58.1. The van der Waals surface area contributed by atoms with Crippen LogP contribution in [0.25, 0.3) is 0 Å². The molecule has 15 nitrogen and oxygen atoms in total. The van der Waals surface area contributed by atoms with Crippen LogP contribution in [0.4, 0.5) is 18.9 Å². The Morgan fingerprint density at radius 2 is 1.60 bits per heavy atom. The van der Waals surface area contributed by atoms with Crippen molar-refractivity contribution in [1.29, 1.82) is 0 Å². The number of likely N-dealkylation sites (N-methyl/N-ethyl adjacent to an activating group) is 1. The molecule has 4 rings (SSSR count). The molecule has 2 aromatic carbocycles. The Balaban J connectivity index is 0. The molecule has 0 bridgehead atoms. The number of alkyl halides is 3. The Labute approximate surface area is 365 Å². The number of ether oxygens (including phenoxy) is 1. The van der Waals surface area contributed by atoms with Gasteiger partial charge in [0.25, 0.3) is 17.7 Å². The molecule has 2 aromatic rings. The minimum atomic E-state index is -4.38. The lowest BCUT2D eigenvalue weighted by Gasteiger charge is -2.38. The Morgan fingerprint density at radius 3 is 2.05 bits per heavy atom. The molecule has 0 aromatic heterocycles. The lowest BCUT2D eigenvalue weighted by molar-refractivity contribution is -0.137. The molecule has 0 unspecified atom stereocenters. The van der Waals surface area contributed by atoms with Crippen molar-refractivity contribution in [3.8, 4) is 5.75 Å². The summed E-state index contributed by atoms with van der Waals surface area (Å²) in [6.07, 6.45) is 3.41. The third kappa shape index (κ3) is 20.5. The smallest absolute Gasteiger partial charge is 0.416 e. The maximum atomic E-state index is 13.3. The van der Waals surface area contributed by atoms with Gasteiger partial charge in [-0.3, -0.25) is 14.4 Å². The number of hydrazone groups is 1. The maximum Gasteiger partial charge on any atom is 0.416 e. The molecule has 9 N–H and O–H groups in total. The van der Waals surface area contributed by atoms with Gasteiger partial charge in [0, 0.05) is 58.7 Å². The predicted octanol–water partition coefficient (Wildman–Crippen LogP) is 5.53. The lowest BCUT2D eigenvalue weighted by Crippen LogP contribution is -2.50. The number of nitrogens with one attached hydrogen (secondary N) is 2. The number of phenols is 1. The molecule has 1 saturated heterocycles. The van der Waals surface area contributed by atoms with Crippen molar-refractivity contribution >= 4 is 36.9 Å². The molecule has 1 fully saturated rings. The first-order chi connectivity index (χ1) is 29.5. The van der Waals surface area contributed by atoms with Crippen LogP contribution in [0.15, 0.2) is 95.0 Å². The number of nitrogens with two attached hydrogens (primary N) is 3. The number of phenolic OH excluding ortho intramolecular Hbond substituents is 1. The van der Waals surface area contributed by atoms with Crippen molar-refractivity contribution in [3.05, 3.63) is 107 Å². The number of halogens is 3. The maximum absolute atomic E-state index is 13.3. The summed E-state index contributed by atoms with van der Waals surface area (Å²) >= 11 is 0. The van der Waals surface area contributed by atoms with Crippen LogP contribution in [0.1, 0.15) is 68.4 Å². The summed E-state index contributed by atoms with van der Waals surface area (Å²) in [5.74, 6) is -1.31. The minimum Gasteiger partial charge on any atom is -0.508 e. The third-order valence-corrected chi connectivity index (χ3v) is 8.44. The number of nitrogens with zero attached hydrogens (tertiary/aromatic N) is 4. The highest BCUT2D eigenvalue weighted by Gasteiger charge is 2.31. The summed E-state index contributed by atoms with van der Waals surface area (Å²) in [6, 6.07) is 9.69. The second kappa shape index (κ2) is 32.7. The molecule has 62 heavy (non-hydrogen) atoms. The number of aryl methyl sites for hydroxylation is 1. The number of amides is 3. The Kier molecular flexibility index (Phi) is 30.7. The van der Waals surface area contributed by atoms with Crippen LogP contribution in [-0.2, 0) is 25.3 Å². The van der Waals surface area contributed by atoms with Crippen LogP contribution in [0, 0.1) is 6.92 Å². The van der Waals surface area contributed by atoms with Gasteiger partial charge in [-0.15, -0.1) is 0 Å². The van der Waals surface area contributed by atoms with Gasteiger partial charge in [-0.1, -0.05) is 69.7 Å². The van der Waals surface area contributed by atoms with Gasteiger partial charge in [0.05, 0.1) is 35.7 Å². The van der Waals surface area contributed by atoms with Crippen LogP contribution in [0.3, 0.4) is 0 Å². The van der Waals surface area contributed by atoms with Gasteiger partial charge in [0.15, 0.2) is 0 Å². The molecular weight excluding hydrogens is 808 g/mol. The van der Waals surface area contributed by atoms with Crippen LogP contribution in [0.2, 0.25) is 0 Å². The molecule has 0 aliphatic carbocycles. The molecule has 18 heteroatoms. The zero-order chi connectivity index (χ0) is 47.8. The van der Waals surface area contributed by atoms with E-state index in [1.54, 1.807) is 36.2 Å².